The number of halogens is 1. The molecule has 0 fully saturated rings. The summed E-state index contributed by atoms with van der Waals surface area (Å²) < 4.78 is 13.1. The molecule has 9 nitrogen and oxygen atoms in total. The highest BCUT2D eigenvalue weighted by Gasteiger charge is 2.20. The monoisotopic (exact) mass is 399 g/mol. The van der Waals surface area contributed by atoms with Gasteiger partial charge in [0.25, 0.3) is 5.69 Å². The van der Waals surface area contributed by atoms with Gasteiger partial charge in [-0.15, -0.1) is 0 Å². The Kier molecular flexibility index (Phi) is 13.3. The Bertz CT molecular complexity index is 642. The van der Waals surface area contributed by atoms with Gasteiger partial charge >= 0.3 is 0 Å². The van der Waals surface area contributed by atoms with E-state index in [9.17, 15) is 24.1 Å². The zero-order valence-electron chi connectivity index (χ0n) is 16.4. The van der Waals surface area contributed by atoms with Gasteiger partial charge in [0.2, 0.25) is 0 Å². The first-order valence-electron chi connectivity index (χ1n) is 9.01. The molecule has 0 heterocycles. The van der Waals surface area contributed by atoms with E-state index in [1.807, 2.05) is 0 Å². The fraction of sp³-hybridized carbons (Fsp3) is 0.556. The van der Waals surface area contributed by atoms with E-state index in [0.29, 0.717) is 26.1 Å². The van der Waals surface area contributed by atoms with Gasteiger partial charge < -0.3 is 21.7 Å². The summed E-state index contributed by atoms with van der Waals surface area (Å²) >= 11 is 0. The van der Waals surface area contributed by atoms with E-state index in [0.717, 1.165) is 25.2 Å². The lowest BCUT2D eigenvalue weighted by atomic mass is 10.2. The van der Waals surface area contributed by atoms with Gasteiger partial charge in [-0.2, -0.15) is 0 Å². The number of carbonyl (C=O) groups excluding carboxylic acids is 2. The molecule has 0 radical (unpaired) electrons. The minimum Gasteiger partial charge on any atom is -0.364 e. The molecule has 0 unspecified atom stereocenters. The maximum absolute atomic E-state index is 13.1. The molecule has 0 saturated carbocycles. The van der Waals surface area contributed by atoms with Crippen molar-refractivity contribution in [1.29, 1.82) is 0 Å². The van der Waals surface area contributed by atoms with Crippen LogP contribution in [0.1, 0.15) is 26.7 Å². The highest BCUT2D eigenvalue weighted by atomic mass is 19.1. The standard InChI is InChI=1S/C12H16FN3O3.C6H14N2O/c1-9(17)4-6-15(7-5-14)11-3-2-10(13)8-12(11)16(18)19;1-6(9)2-4-8-5-3-7/h2-3,8H,4-7,14H2,1H3;8H,2-5,7H2,1H3. The van der Waals surface area contributed by atoms with Gasteiger partial charge in [-0.05, 0) is 26.0 Å². The highest BCUT2D eigenvalue weighted by molar-refractivity contribution is 5.76. The summed E-state index contributed by atoms with van der Waals surface area (Å²) in [4.78, 5) is 33.3. The number of nitrogens with two attached hydrogens (primary N) is 2. The minimum atomic E-state index is -0.672. The van der Waals surface area contributed by atoms with Crippen LogP contribution < -0.4 is 21.7 Å². The molecular formula is C18H30FN5O4. The summed E-state index contributed by atoms with van der Waals surface area (Å²) in [6, 6.07) is 3.36. The third-order valence-electron chi connectivity index (χ3n) is 3.58. The van der Waals surface area contributed by atoms with Crippen LogP contribution in [0.3, 0.4) is 0 Å². The van der Waals surface area contributed by atoms with Crippen LogP contribution in [-0.2, 0) is 9.59 Å². The van der Waals surface area contributed by atoms with Crippen molar-refractivity contribution < 1.29 is 18.9 Å². The lowest BCUT2D eigenvalue weighted by Gasteiger charge is -2.23. The summed E-state index contributed by atoms with van der Waals surface area (Å²) in [5.74, 6) is -0.471. The van der Waals surface area contributed by atoms with Gasteiger partial charge in [0.05, 0.1) is 11.0 Å². The molecule has 0 spiro atoms. The number of nitrogens with one attached hydrogen (secondary N) is 1. The van der Waals surface area contributed by atoms with Crippen molar-refractivity contribution in [2.75, 3.05) is 44.2 Å². The second-order valence-electron chi connectivity index (χ2n) is 6.11. The van der Waals surface area contributed by atoms with Crippen LogP contribution in [0.5, 0.6) is 0 Å². The Labute approximate surface area is 164 Å². The molecule has 28 heavy (non-hydrogen) atoms. The molecule has 1 rings (SSSR count). The van der Waals surface area contributed by atoms with Crippen LogP contribution in [0.15, 0.2) is 18.2 Å². The first-order valence-corrected chi connectivity index (χ1v) is 9.01. The Hall–Kier alpha value is -2.43. The largest absolute Gasteiger partial charge is 0.364 e. The van der Waals surface area contributed by atoms with Crippen LogP contribution in [0.2, 0.25) is 0 Å². The lowest BCUT2D eigenvalue weighted by Crippen LogP contribution is -2.31. The number of benzene rings is 1. The van der Waals surface area contributed by atoms with Gasteiger partial charge in [0.15, 0.2) is 0 Å². The number of rotatable bonds is 12. The number of hydrogen-bond acceptors (Lipinski definition) is 8. The molecule has 5 N–H and O–H groups in total. The van der Waals surface area contributed by atoms with Crippen LogP contribution in [0.4, 0.5) is 15.8 Å². The number of nitrogens with zero attached hydrogens (tertiary/aromatic N) is 2. The predicted octanol–water partition coefficient (Wildman–Crippen LogP) is 0.992. The fourth-order valence-corrected chi connectivity index (χ4v) is 2.20. The molecule has 0 aliphatic heterocycles. The van der Waals surface area contributed by atoms with E-state index in [-0.39, 0.29) is 35.9 Å². The average Bonchev–Trinajstić information content (AvgIpc) is 2.62. The normalized spacial score (nSPS) is 10.0. The first-order chi connectivity index (χ1) is 13.2. The molecule has 1 aromatic carbocycles. The van der Waals surface area contributed by atoms with Crippen LogP contribution in [0.25, 0.3) is 0 Å². The fourth-order valence-electron chi connectivity index (χ4n) is 2.20. The first kappa shape index (κ1) is 25.6. The van der Waals surface area contributed by atoms with Crippen molar-refractivity contribution in [3.63, 3.8) is 0 Å². The van der Waals surface area contributed by atoms with Gasteiger partial charge in [-0.25, -0.2) is 4.39 Å². The molecular weight excluding hydrogens is 369 g/mol. The maximum Gasteiger partial charge on any atom is 0.295 e. The average molecular weight is 399 g/mol. The van der Waals surface area contributed by atoms with Crippen molar-refractivity contribution in [2.45, 2.75) is 26.7 Å². The van der Waals surface area contributed by atoms with Gasteiger partial charge in [-0.1, -0.05) is 0 Å². The van der Waals surface area contributed by atoms with E-state index in [1.165, 1.54) is 13.0 Å². The SMILES string of the molecule is CC(=O)CCN(CCN)c1ccc(F)cc1[N+](=O)[O-].CC(=O)CCNCCN. The van der Waals surface area contributed by atoms with Crippen LogP contribution in [-0.4, -0.2) is 55.8 Å². The number of nitro benzene ring substituents is 1. The van der Waals surface area contributed by atoms with Gasteiger partial charge in [0.1, 0.15) is 23.1 Å². The Morgan fingerprint density at radius 2 is 1.75 bits per heavy atom. The number of nitro groups is 1. The summed E-state index contributed by atoms with van der Waals surface area (Å²) in [7, 11) is 0. The van der Waals surface area contributed by atoms with Crippen molar-refractivity contribution >= 4 is 22.9 Å². The highest BCUT2D eigenvalue weighted by Crippen LogP contribution is 2.28. The van der Waals surface area contributed by atoms with Gasteiger partial charge in [0, 0.05) is 52.1 Å². The zero-order valence-corrected chi connectivity index (χ0v) is 16.4. The van der Waals surface area contributed by atoms with E-state index in [1.54, 1.807) is 11.8 Å². The second-order valence-corrected chi connectivity index (χ2v) is 6.11. The quantitative estimate of drug-likeness (QED) is 0.268. The molecule has 0 bridgehead atoms. The molecule has 0 atom stereocenters. The maximum atomic E-state index is 13.1. The molecule has 0 aromatic heterocycles. The summed E-state index contributed by atoms with van der Waals surface area (Å²) in [6.45, 7) is 6.19. The number of anilines is 1. The summed E-state index contributed by atoms with van der Waals surface area (Å²) in [5, 5.41) is 14.0. The van der Waals surface area contributed by atoms with Crippen LogP contribution >= 0.6 is 0 Å². The lowest BCUT2D eigenvalue weighted by molar-refractivity contribution is -0.384. The van der Waals surface area contributed by atoms with Crippen molar-refractivity contribution in [3.8, 4) is 0 Å². The van der Waals surface area contributed by atoms with Crippen molar-refractivity contribution in [1.82, 2.24) is 5.32 Å². The molecule has 0 aliphatic carbocycles. The Morgan fingerprint density at radius 1 is 1.11 bits per heavy atom. The summed E-state index contributed by atoms with van der Waals surface area (Å²) in [6.07, 6.45) is 0.870. The molecule has 158 valence electrons. The molecule has 0 aliphatic rings. The van der Waals surface area contributed by atoms with E-state index < -0.39 is 10.7 Å². The Morgan fingerprint density at radius 3 is 2.25 bits per heavy atom. The predicted molar refractivity (Wildman–Crippen MR) is 107 cm³/mol. The number of hydrogen-bond donors (Lipinski definition) is 3. The Balaban J connectivity index is 0.000000684. The molecule has 10 heteroatoms. The van der Waals surface area contributed by atoms with E-state index in [4.69, 9.17) is 11.5 Å². The topological polar surface area (TPSA) is 145 Å². The second kappa shape index (κ2) is 14.6. The number of ketones is 2. The van der Waals surface area contributed by atoms with Crippen LogP contribution in [0, 0.1) is 15.9 Å². The number of Topliss-reactive ketones (excluding diaryl/α,β-unsaturated/α-hetero) is 2. The minimum absolute atomic E-state index is 0.0215. The van der Waals surface area contributed by atoms with E-state index >= 15 is 0 Å². The summed E-state index contributed by atoms with van der Waals surface area (Å²) in [5.41, 5.74) is 10.6. The smallest absolute Gasteiger partial charge is 0.295 e. The number of carbonyl (C=O) groups is 2. The molecule has 0 saturated heterocycles. The zero-order chi connectivity index (χ0) is 21.5. The molecule has 1 aromatic rings. The van der Waals surface area contributed by atoms with E-state index in [2.05, 4.69) is 5.32 Å². The van der Waals surface area contributed by atoms with Gasteiger partial charge in [-0.3, -0.25) is 19.7 Å². The van der Waals surface area contributed by atoms with Crippen molar-refractivity contribution in [2.24, 2.45) is 11.5 Å². The third-order valence-corrected chi connectivity index (χ3v) is 3.58. The molecule has 0 amide bonds. The van der Waals surface area contributed by atoms with Crippen molar-refractivity contribution in [3.05, 3.63) is 34.1 Å². The third kappa shape index (κ3) is 11.3.